The molecule has 0 radical (unpaired) electrons. The highest BCUT2D eigenvalue weighted by atomic mass is 32.2. The van der Waals surface area contributed by atoms with Gasteiger partial charge in [0.1, 0.15) is 5.82 Å². The third-order valence-corrected chi connectivity index (χ3v) is 4.03. The van der Waals surface area contributed by atoms with E-state index in [0.717, 1.165) is 5.69 Å². The molecule has 1 aliphatic rings. The fourth-order valence-corrected chi connectivity index (χ4v) is 3.25. The molecule has 5 nitrogen and oxygen atoms in total. The van der Waals surface area contributed by atoms with Crippen LogP contribution in [0.1, 0.15) is 5.69 Å². The van der Waals surface area contributed by atoms with E-state index in [1.165, 1.54) is 4.31 Å². The number of anilines is 3. The molecule has 2 heterocycles. The summed E-state index contributed by atoms with van der Waals surface area (Å²) >= 11 is 0. The van der Waals surface area contributed by atoms with Crippen LogP contribution in [0.5, 0.6) is 0 Å². The summed E-state index contributed by atoms with van der Waals surface area (Å²) in [5, 5.41) is 0. The monoisotopic (exact) mass is 261 g/mol. The van der Waals surface area contributed by atoms with Crippen molar-refractivity contribution in [2.24, 2.45) is 0 Å². The van der Waals surface area contributed by atoms with Crippen molar-refractivity contribution in [1.82, 2.24) is 4.98 Å². The number of nitrogens with zero attached hydrogens (tertiary/aromatic N) is 2. The molecule has 92 valence electrons. The Labute approximate surface area is 105 Å². The third kappa shape index (κ3) is 1.62. The van der Waals surface area contributed by atoms with Gasteiger partial charge in [-0.3, -0.25) is 4.72 Å². The standard InChI is InChI=1S/C12H11N3O2S/c1-9-5-4-8-12(13-9)15-11-7-3-2-6-10(11)14-18(15,16)17/h2-8,14H,1H3. The molecule has 0 spiro atoms. The Morgan fingerprint density at radius 1 is 1.11 bits per heavy atom. The molecule has 6 heteroatoms. The molecule has 0 bridgehead atoms. The largest absolute Gasteiger partial charge is 0.329 e. The Hall–Kier alpha value is -2.08. The van der Waals surface area contributed by atoms with Crippen molar-refractivity contribution in [3.05, 3.63) is 48.2 Å². The predicted molar refractivity (Wildman–Crippen MR) is 70.1 cm³/mol. The molecule has 0 saturated carbocycles. The van der Waals surface area contributed by atoms with Crippen molar-refractivity contribution >= 4 is 27.4 Å². The summed E-state index contributed by atoms with van der Waals surface area (Å²) in [5.74, 6) is 0.396. The summed E-state index contributed by atoms with van der Waals surface area (Å²) in [4.78, 5) is 4.26. The first-order valence-electron chi connectivity index (χ1n) is 5.44. The van der Waals surface area contributed by atoms with Gasteiger partial charge < -0.3 is 0 Å². The second-order valence-electron chi connectivity index (χ2n) is 4.03. The Bertz CT molecular complexity index is 713. The topological polar surface area (TPSA) is 62.3 Å². The van der Waals surface area contributed by atoms with Crippen LogP contribution in [0, 0.1) is 6.92 Å². The van der Waals surface area contributed by atoms with E-state index in [9.17, 15) is 8.42 Å². The number of fused-ring (bicyclic) bond motifs is 1. The third-order valence-electron chi connectivity index (χ3n) is 2.68. The van der Waals surface area contributed by atoms with Gasteiger partial charge >= 0.3 is 10.2 Å². The maximum absolute atomic E-state index is 12.1. The van der Waals surface area contributed by atoms with Crippen LogP contribution in [0.15, 0.2) is 42.5 Å². The van der Waals surface area contributed by atoms with Crippen molar-refractivity contribution in [3.63, 3.8) is 0 Å². The van der Waals surface area contributed by atoms with Crippen molar-refractivity contribution in [3.8, 4) is 0 Å². The molecule has 0 fully saturated rings. The summed E-state index contributed by atoms with van der Waals surface area (Å²) in [6.45, 7) is 1.82. The first-order chi connectivity index (χ1) is 8.58. The highest BCUT2D eigenvalue weighted by molar-refractivity contribution is 7.94. The molecule has 0 atom stereocenters. The molecule has 1 N–H and O–H groups in total. The van der Waals surface area contributed by atoms with Gasteiger partial charge in [0.2, 0.25) is 0 Å². The number of rotatable bonds is 1. The van der Waals surface area contributed by atoms with Crippen molar-refractivity contribution < 1.29 is 8.42 Å². The number of aromatic nitrogens is 1. The van der Waals surface area contributed by atoms with Crippen LogP contribution in [0.25, 0.3) is 0 Å². The number of hydrogen-bond donors (Lipinski definition) is 1. The van der Waals surface area contributed by atoms with E-state index in [4.69, 9.17) is 0 Å². The van der Waals surface area contributed by atoms with Crippen molar-refractivity contribution in [2.45, 2.75) is 6.92 Å². The second-order valence-corrected chi connectivity index (χ2v) is 5.55. The molecule has 2 aromatic rings. The van der Waals surface area contributed by atoms with E-state index in [0.29, 0.717) is 17.2 Å². The minimum Gasteiger partial charge on any atom is -0.264 e. The van der Waals surface area contributed by atoms with E-state index in [1.54, 1.807) is 36.4 Å². The van der Waals surface area contributed by atoms with Gasteiger partial charge in [-0.15, -0.1) is 0 Å². The van der Waals surface area contributed by atoms with Gasteiger partial charge in [0.25, 0.3) is 0 Å². The van der Waals surface area contributed by atoms with E-state index in [1.807, 2.05) is 13.0 Å². The highest BCUT2D eigenvalue weighted by Gasteiger charge is 2.34. The normalized spacial score (nSPS) is 16.2. The number of para-hydroxylation sites is 2. The summed E-state index contributed by atoms with van der Waals surface area (Å²) in [5.41, 5.74) is 1.93. The molecule has 0 unspecified atom stereocenters. The van der Waals surface area contributed by atoms with Crippen LogP contribution in [0.4, 0.5) is 17.2 Å². The molecule has 0 aliphatic carbocycles. The minimum absolute atomic E-state index is 0.396. The van der Waals surface area contributed by atoms with Crippen LogP contribution in [-0.4, -0.2) is 13.4 Å². The van der Waals surface area contributed by atoms with E-state index in [-0.39, 0.29) is 0 Å². The summed E-state index contributed by atoms with van der Waals surface area (Å²) in [6, 6.07) is 12.3. The number of aryl methyl sites for hydroxylation is 1. The minimum atomic E-state index is -3.60. The average molecular weight is 261 g/mol. The zero-order valence-electron chi connectivity index (χ0n) is 9.66. The van der Waals surface area contributed by atoms with Gasteiger partial charge in [-0.2, -0.15) is 8.42 Å². The molecular weight excluding hydrogens is 250 g/mol. The zero-order valence-corrected chi connectivity index (χ0v) is 10.5. The van der Waals surface area contributed by atoms with Crippen LogP contribution < -0.4 is 9.03 Å². The fraction of sp³-hybridized carbons (Fsp3) is 0.0833. The number of pyridine rings is 1. The lowest BCUT2D eigenvalue weighted by Gasteiger charge is -2.15. The van der Waals surface area contributed by atoms with Crippen LogP contribution in [0.3, 0.4) is 0 Å². The SMILES string of the molecule is Cc1cccc(N2c3ccccc3NS2(=O)=O)n1. The first kappa shape index (κ1) is 11.0. The first-order valence-corrected chi connectivity index (χ1v) is 6.88. The van der Waals surface area contributed by atoms with Crippen LogP contribution >= 0.6 is 0 Å². The Kier molecular flexibility index (Phi) is 2.27. The maximum Gasteiger partial charge on any atom is 0.329 e. The van der Waals surface area contributed by atoms with Gasteiger partial charge in [0, 0.05) is 5.69 Å². The number of nitrogens with one attached hydrogen (secondary N) is 1. The summed E-state index contributed by atoms with van der Waals surface area (Å²) in [7, 11) is -3.60. The van der Waals surface area contributed by atoms with Gasteiger partial charge in [-0.25, -0.2) is 9.29 Å². The summed E-state index contributed by atoms with van der Waals surface area (Å²) in [6.07, 6.45) is 0. The average Bonchev–Trinajstić information content (AvgIpc) is 2.58. The van der Waals surface area contributed by atoms with Gasteiger partial charge in [0.05, 0.1) is 11.4 Å². The molecular formula is C12H11N3O2S. The number of benzene rings is 1. The highest BCUT2D eigenvalue weighted by Crippen LogP contribution is 2.39. The molecule has 0 amide bonds. The van der Waals surface area contributed by atoms with E-state index < -0.39 is 10.2 Å². The van der Waals surface area contributed by atoms with Crippen molar-refractivity contribution in [1.29, 1.82) is 0 Å². The van der Waals surface area contributed by atoms with Crippen LogP contribution in [-0.2, 0) is 10.2 Å². The van der Waals surface area contributed by atoms with E-state index >= 15 is 0 Å². The van der Waals surface area contributed by atoms with E-state index in [2.05, 4.69) is 9.71 Å². The van der Waals surface area contributed by atoms with Crippen LogP contribution in [0.2, 0.25) is 0 Å². The van der Waals surface area contributed by atoms with Gasteiger partial charge in [-0.1, -0.05) is 18.2 Å². The maximum atomic E-state index is 12.1. The molecule has 1 aliphatic heterocycles. The van der Waals surface area contributed by atoms with Gasteiger partial charge in [0.15, 0.2) is 0 Å². The smallest absolute Gasteiger partial charge is 0.264 e. The predicted octanol–water partition coefficient (Wildman–Crippen LogP) is 2.20. The lowest BCUT2D eigenvalue weighted by Crippen LogP contribution is -2.26. The molecule has 3 rings (SSSR count). The lowest BCUT2D eigenvalue weighted by atomic mass is 10.2. The Balaban J connectivity index is 2.22. The molecule has 1 aromatic heterocycles. The quantitative estimate of drug-likeness (QED) is 0.856. The fourth-order valence-electron chi connectivity index (χ4n) is 1.94. The zero-order chi connectivity index (χ0) is 12.8. The lowest BCUT2D eigenvalue weighted by molar-refractivity contribution is 0.602. The van der Waals surface area contributed by atoms with Crippen molar-refractivity contribution in [2.75, 3.05) is 9.03 Å². The second kappa shape index (κ2) is 3.71. The molecule has 18 heavy (non-hydrogen) atoms. The Morgan fingerprint density at radius 3 is 2.67 bits per heavy atom. The Morgan fingerprint density at radius 2 is 1.89 bits per heavy atom. The van der Waals surface area contributed by atoms with Gasteiger partial charge in [-0.05, 0) is 31.2 Å². The summed E-state index contributed by atoms with van der Waals surface area (Å²) < 4.78 is 27.9. The molecule has 1 aromatic carbocycles. The molecule has 0 saturated heterocycles. The number of hydrogen-bond acceptors (Lipinski definition) is 3.